The maximum Gasteiger partial charge on any atom is 0.160 e. The monoisotopic (exact) mass is 274 g/mol. The summed E-state index contributed by atoms with van der Waals surface area (Å²) in [6, 6.07) is 0. The summed E-state index contributed by atoms with van der Waals surface area (Å²) in [4.78, 5) is 12.7. The van der Waals surface area contributed by atoms with Gasteiger partial charge in [-0.2, -0.15) is 0 Å². The molecular formula is C14H18N4O2. The highest BCUT2D eigenvalue weighted by molar-refractivity contribution is 5.47. The van der Waals surface area contributed by atoms with Crippen LogP contribution < -0.4 is 0 Å². The Labute approximate surface area is 117 Å². The summed E-state index contributed by atoms with van der Waals surface area (Å²) in [6.07, 6.45) is 12.0. The summed E-state index contributed by atoms with van der Waals surface area (Å²) >= 11 is 0. The fraction of sp³-hybridized carbons (Fsp3) is 0.500. The van der Waals surface area contributed by atoms with Crippen LogP contribution in [0.1, 0.15) is 19.3 Å². The van der Waals surface area contributed by atoms with Gasteiger partial charge in [-0.05, 0) is 19.3 Å². The van der Waals surface area contributed by atoms with Gasteiger partial charge in [0.25, 0.3) is 0 Å². The lowest BCUT2D eigenvalue weighted by atomic mass is 10.2. The van der Waals surface area contributed by atoms with Gasteiger partial charge in [0.15, 0.2) is 12.1 Å². The predicted molar refractivity (Wildman–Crippen MR) is 72.8 cm³/mol. The number of nitrogens with zero attached hydrogens (tertiary/aromatic N) is 4. The first-order valence-corrected chi connectivity index (χ1v) is 6.94. The third-order valence-corrected chi connectivity index (χ3v) is 3.28. The molecule has 1 atom stereocenters. The number of hydrogen-bond acceptors (Lipinski definition) is 5. The molecule has 2 aromatic heterocycles. The Balaban J connectivity index is 1.57. The molecule has 6 heteroatoms. The number of ether oxygens (including phenoxy) is 2. The molecule has 0 aromatic carbocycles. The minimum Gasteiger partial charge on any atom is -0.353 e. The molecule has 0 radical (unpaired) electrons. The Bertz CT molecular complexity index is 523. The zero-order valence-corrected chi connectivity index (χ0v) is 11.3. The van der Waals surface area contributed by atoms with Crippen molar-refractivity contribution in [2.75, 3.05) is 13.2 Å². The number of imidazole rings is 1. The Kier molecular flexibility index (Phi) is 4.35. The maximum atomic E-state index is 5.74. The Morgan fingerprint density at radius 3 is 3.05 bits per heavy atom. The van der Waals surface area contributed by atoms with E-state index in [-0.39, 0.29) is 6.29 Å². The SMILES string of the molecule is c1cnc(-c2nccn2CCO[C@@H]2CCCCO2)cn1. The topological polar surface area (TPSA) is 62.1 Å². The van der Waals surface area contributed by atoms with Crippen molar-refractivity contribution in [1.29, 1.82) is 0 Å². The van der Waals surface area contributed by atoms with Crippen LogP contribution in [0.3, 0.4) is 0 Å². The van der Waals surface area contributed by atoms with E-state index in [0.717, 1.165) is 37.5 Å². The summed E-state index contributed by atoms with van der Waals surface area (Å²) in [5.74, 6) is 0.811. The largest absolute Gasteiger partial charge is 0.353 e. The van der Waals surface area contributed by atoms with Gasteiger partial charge in [0.1, 0.15) is 5.69 Å². The summed E-state index contributed by atoms with van der Waals surface area (Å²) < 4.78 is 13.3. The summed E-state index contributed by atoms with van der Waals surface area (Å²) in [6.45, 7) is 2.14. The van der Waals surface area contributed by atoms with Crippen LogP contribution in [-0.4, -0.2) is 39.0 Å². The van der Waals surface area contributed by atoms with Gasteiger partial charge in [-0.15, -0.1) is 0 Å². The van der Waals surface area contributed by atoms with Crippen LogP contribution in [0.5, 0.6) is 0 Å². The minimum atomic E-state index is -0.0489. The Morgan fingerprint density at radius 1 is 1.25 bits per heavy atom. The van der Waals surface area contributed by atoms with Crippen molar-refractivity contribution in [2.45, 2.75) is 32.1 Å². The first-order chi connectivity index (χ1) is 9.93. The molecule has 1 aliphatic heterocycles. The molecule has 0 saturated carbocycles. The Hall–Kier alpha value is -1.79. The summed E-state index contributed by atoms with van der Waals surface area (Å²) in [5.41, 5.74) is 0.770. The maximum absolute atomic E-state index is 5.74. The smallest absolute Gasteiger partial charge is 0.160 e. The first kappa shape index (κ1) is 13.2. The molecule has 0 amide bonds. The zero-order chi connectivity index (χ0) is 13.6. The third-order valence-electron chi connectivity index (χ3n) is 3.28. The molecule has 1 saturated heterocycles. The van der Waals surface area contributed by atoms with Gasteiger partial charge >= 0.3 is 0 Å². The van der Waals surface area contributed by atoms with Crippen LogP contribution >= 0.6 is 0 Å². The lowest BCUT2D eigenvalue weighted by molar-refractivity contribution is -0.163. The molecule has 0 N–H and O–H groups in total. The van der Waals surface area contributed by atoms with Crippen LogP contribution in [0.4, 0.5) is 0 Å². The second-order valence-corrected chi connectivity index (χ2v) is 4.70. The molecule has 106 valence electrons. The van der Waals surface area contributed by atoms with Gasteiger partial charge in [-0.1, -0.05) is 0 Å². The van der Waals surface area contributed by atoms with E-state index in [1.807, 2.05) is 10.8 Å². The number of aromatic nitrogens is 4. The molecule has 0 unspecified atom stereocenters. The van der Waals surface area contributed by atoms with E-state index < -0.39 is 0 Å². The number of hydrogen-bond donors (Lipinski definition) is 0. The summed E-state index contributed by atoms with van der Waals surface area (Å²) in [7, 11) is 0. The second-order valence-electron chi connectivity index (χ2n) is 4.70. The van der Waals surface area contributed by atoms with Gasteiger partial charge in [0.05, 0.1) is 12.8 Å². The van der Waals surface area contributed by atoms with Gasteiger partial charge in [0, 0.05) is 37.9 Å². The highest BCUT2D eigenvalue weighted by Gasteiger charge is 2.14. The van der Waals surface area contributed by atoms with E-state index in [1.54, 1.807) is 24.8 Å². The van der Waals surface area contributed by atoms with E-state index in [0.29, 0.717) is 6.61 Å². The minimum absolute atomic E-state index is 0.0489. The summed E-state index contributed by atoms with van der Waals surface area (Å²) in [5, 5.41) is 0. The molecule has 1 aliphatic rings. The average molecular weight is 274 g/mol. The normalized spacial score (nSPS) is 19.1. The van der Waals surface area contributed by atoms with Crippen LogP contribution in [-0.2, 0) is 16.0 Å². The van der Waals surface area contributed by atoms with Crippen LogP contribution in [0, 0.1) is 0 Å². The molecule has 0 aliphatic carbocycles. The van der Waals surface area contributed by atoms with E-state index >= 15 is 0 Å². The molecule has 3 rings (SSSR count). The standard InChI is InChI=1S/C14H18N4O2/c1-2-9-19-13(3-1)20-10-8-18-7-6-17-14(18)12-11-15-4-5-16-12/h4-7,11,13H,1-3,8-10H2/t13-/m1/s1. The van der Waals surface area contributed by atoms with Gasteiger partial charge in [0.2, 0.25) is 0 Å². The molecule has 3 heterocycles. The van der Waals surface area contributed by atoms with Crippen molar-refractivity contribution in [3.63, 3.8) is 0 Å². The fourth-order valence-corrected chi connectivity index (χ4v) is 2.26. The van der Waals surface area contributed by atoms with Gasteiger partial charge in [-0.3, -0.25) is 4.98 Å². The molecular weight excluding hydrogens is 256 g/mol. The predicted octanol–water partition coefficient (Wildman–Crippen LogP) is 1.88. The van der Waals surface area contributed by atoms with Crippen LogP contribution in [0.15, 0.2) is 31.0 Å². The lowest BCUT2D eigenvalue weighted by Gasteiger charge is -2.22. The molecule has 0 spiro atoms. The first-order valence-electron chi connectivity index (χ1n) is 6.94. The second kappa shape index (κ2) is 6.58. The van der Waals surface area contributed by atoms with Gasteiger partial charge < -0.3 is 14.0 Å². The lowest BCUT2D eigenvalue weighted by Crippen LogP contribution is -2.24. The van der Waals surface area contributed by atoms with Gasteiger partial charge in [-0.25, -0.2) is 9.97 Å². The highest BCUT2D eigenvalue weighted by Crippen LogP contribution is 2.15. The Morgan fingerprint density at radius 2 is 2.25 bits per heavy atom. The van der Waals surface area contributed by atoms with Crippen molar-refractivity contribution in [3.05, 3.63) is 31.0 Å². The average Bonchev–Trinajstić information content (AvgIpc) is 2.98. The van der Waals surface area contributed by atoms with Crippen LogP contribution in [0.25, 0.3) is 11.5 Å². The highest BCUT2D eigenvalue weighted by atomic mass is 16.7. The van der Waals surface area contributed by atoms with Crippen molar-refractivity contribution >= 4 is 0 Å². The van der Waals surface area contributed by atoms with E-state index in [9.17, 15) is 0 Å². The molecule has 0 bridgehead atoms. The number of rotatable bonds is 5. The van der Waals surface area contributed by atoms with Crippen molar-refractivity contribution < 1.29 is 9.47 Å². The van der Waals surface area contributed by atoms with E-state index in [4.69, 9.17) is 9.47 Å². The molecule has 20 heavy (non-hydrogen) atoms. The van der Waals surface area contributed by atoms with E-state index in [2.05, 4.69) is 15.0 Å². The quantitative estimate of drug-likeness (QED) is 0.833. The zero-order valence-electron chi connectivity index (χ0n) is 11.3. The molecule has 1 fully saturated rings. The molecule has 2 aromatic rings. The van der Waals surface area contributed by atoms with Crippen LogP contribution in [0.2, 0.25) is 0 Å². The van der Waals surface area contributed by atoms with Crippen molar-refractivity contribution in [3.8, 4) is 11.5 Å². The fourth-order valence-electron chi connectivity index (χ4n) is 2.26. The van der Waals surface area contributed by atoms with Crippen molar-refractivity contribution in [2.24, 2.45) is 0 Å². The van der Waals surface area contributed by atoms with E-state index in [1.165, 1.54) is 6.42 Å². The third kappa shape index (κ3) is 3.20. The molecule has 6 nitrogen and oxygen atoms in total. The van der Waals surface area contributed by atoms with Crippen molar-refractivity contribution in [1.82, 2.24) is 19.5 Å².